The molecule has 0 aliphatic rings. The lowest BCUT2D eigenvalue weighted by Crippen LogP contribution is -2.39. The summed E-state index contributed by atoms with van der Waals surface area (Å²) in [7, 11) is 0. The second-order valence-electron chi connectivity index (χ2n) is 5.24. The highest BCUT2D eigenvalue weighted by molar-refractivity contribution is 5.80. The van der Waals surface area contributed by atoms with Gasteiger partial charge in [-0.2, -0.15) is 0 Å². The highest BCUT2D eigenvalue weighted by Gasteiger charge is 2.14. The summed E-state index contributed by atoms with van der Waals surface area (Å²) in [5.74, 6) is 0.177. The second kappa shape index (κ2) is 7.60. The maximum absolute atomic E-state index is 11.6. The van der Waals surface area contributed by atoms with Crippen molar-refractivity contribution in [1.29, 1.82) is 0 Å². The van der Waals surface area contributed by atoms with E-state index in [9.17, 15) is 4.79 Å². The molecule has 3 heteroatoms. The van der Waals surface area contributed by atoms with Crippen LogP contribution in [0.25, 0.3) is 0 Å². The second-order valence-corrected chi connectivity index (χ2v) is 5.24. The van der Waals surface area contributed by atoms with Crippen molar-refractivity contribution in [3.63, 3.8) is 0 Å². The molecule has 3 N–H and O–H groups in total. The molecule has 0 spiro atoms. The Morgan fingerprint density at radius 1 is 1.00 bits per heavy atom. The summed E-state index contributed by atoms with van der Waals surface area (Å²) in [4.78, 5) is 11.6. The molecular formula is C18H22N2O. The number of carbonyl (C=O) groups is 1. The predicted octanol–water partition coefficient (Wildman–Crippen LogP) is 2.67. The molecule has 0 fully saturated rings. The summed E-state index contributed by atoms with van der Waals surface area (Å²) in [5.41, 5.74) is 8.09. The molecule has 2 aromatic carbocycles. The molecule has 0 aliphatic carbocycles. The van der Waals surface area contributed by atoms with Gasteiger partial charge in [-0.1, -0.05) is 60.7 Å². The number of hydrogen-bond acceptors (Lipinski definition) is 2. The van der Waals surface area contributed by atoms with Crippen LogP contribution >= 0.6 is 0 Å². The smallest absolute Gasteiger partial charge is 0.236 e. The van der Waals surface area contributed by atoms with Crippen LogP contribution in [0.5, 0.6) is 0 Å². The molecule has 3 nitrogen and oxygen atoms in total. The molecule has 0 bridgehead atoms. The summed E-state index contributed by atoms with van der Waals surface area (Å²) in [6.45, 7) is 2.32. The van der Waals surface area contributed by atoms with E-state index in [0.717, 1.165) is 6.42 Å². The van der Waals surface area contributed by atoms with Gasteiger partial charge >= 0.3 is 0 Å². The molecule has 0 unspecified atom stereocenters. The summed E-state index contributed by atoms with van der Waals surface area (Å²) >= 11 is 0. The van der Waals surface area contributed by atoms with Crippen LogP contribution < -0.4 is 11.1 Å². The Kier molecular flexibility index (Phi) is 5.52. The number of benzene rings is 2. The van der Waals surface area contributed by atoms with E-state index in [2.05, 4.69) is 29.6 Å². The van der Waals surface area contributed by atoms with Gasteiger partial charge in [0.25, 0.3) is 0 Å². The highest BCUT2D eigenvalue weighted by Crippen LogP contribution is 2.27. The zero-order valence-corrected chi connectivity index (χ0v) is 12.3. The molecule has 0 heterocycles. The van der Waals surface area contributed by atoms with Crippen LogP contribution in [0.1, 0.15) is 30.4 Å². The molecule has 1 amide bonds. The van der Waals surface area contributed by atoms with E-state index in [1.165, 1.54) is 11.1 Å². The molecule has 21 heavy (non-hydrogen) atoms. The zero-order chi connectivity index (χ0) is 15.1. The normalized spacial score (nSPS) is 12.1. The summed E-state index contributed by atoms with van der Waals surface area (Å²) in [6, 6.07) is 20.3. The minimum absolute atomic E-state index is 0.102. The largest absolute Gasteiger partial charge is 0.355 e. The van der Waals surface area contributed by atoms with Crippen molar-refractivity contribution in [2.24, 2.45) is 5.73 Å². The Morgan fingerprint density at radius 2 is 1.48 bits per heavy atom. The van der Waals surface area contributed by atoms with Gasteiger partial charge in [0.1, 0.15) is 0 Å². The van der Waals surface area contributed by atoms with Gasteiger partial charge in [-0.25, -0.2) is 0 Å². The van der Waals surface area contributed by atoms with E-state index in [-0.39, 0.29) is 11.8 Å². The Morgan fingerprint density at radius 3 is 1.90 bits per heavy atom. The fourth-order valence-corrected chi connectivity index (χ4v) is 2.40. The average Bonchev–Trinajstić information content (AvgIpc) is 2.53. The van der Waals surface area contributed by atoms with E-state index >= 15 is 0 Å². The maximum atomic E-state index is 11.6. The third-order valence-corrected chi connectivity index (χ3v) is 3.55. The van der Waals surface area contributed by atoms with Crippen molar-refractivity contribution in [3.05, 3.63) is 71.8 Å². The van der Waals surface area contributed by atoms with Crippen LogP contribution in [0.3, 0.4) is 0 Å². The summed E-state index contributed by atoms with van der Waals surface area (Å²) in [5, 5.41) is 2.89. The Bertz CT molecular complexity index is 512. The summed E-state index contributed by atoms with van der Waals surface area (Å²) in [6.07, 6.45) is 0.854. The minimum Gasteiger partial charge on any atom is -0.355 e. The van der Waals surface area contributed by atoms with Gasteiger partial charge in [0.2, 0.25) is 5.91 Å². The molecule has 0 radical (unpaired) electrons. The SMILES string of the molecule is C[C@H](N)C(=O)NCCC(c1ccccc1)c1ccccc1. The summed E-state index contributed by atoms with van der Waals surface area (Å²) < 4.78 is 0. The first-order valence-corrected chi connectivity index (χ1v) is 7.31. The van der Waals surface area contributed by atoms with Crippen LogP contribution in [0, 0.1) is 0 Å². The molecular weight excluding hydrogens is 260 g/mol. The molecule has 0 saturated carbocycles. The van der Waals surface area contributed by atoms with Crippen molar-refractivity contribution in [1.82, 2.24) is 5.32 Å². The molecule has 110 valence electrons. The van der Waals surface area contributed by atoms with Crippen LogP contribution in [0.2, 0.25) is 0 Å². The molecule has 0 saturated heterocycles. The van der Waals surface area contributed by atoms with E-state index in [0.29, 0.717) is 6.54 Å². The lowest BCUT2D eigenvalue weighted by molar-refractivity contribution is -0.121. The lowest BCUT2D eigenvalue weighted by atomic mass is 9.88. The third-order valence-electron chi connectivity index (χ3n) is 3.55. The van der Waals surface area contributed by atoms with Crippen LogP contribution in [0.4, 0.5) is 0 Å². The van der Waals surface area contributed by atoms with Crippen molar-refractivity contribution in [2.45, 2.75) is 25.3 Å². The van der Waals surface area contributed by atoms with Crippen LogP contribution in [0.15, 0.2) is 60.7 Å². The van der Waals surface area contributed by atoms with Crippen molar-refractivity contribution >= 4 is 5.91 Å². The Hall–Kier alpha value is -2.13. The van der Waals surface area contributed by atoms with Crippen LogP contribution in [-0.4, -0.2) is 18.5 Å². The fraction of sp³-hybridized carbons (Fsp3) is 0.278. The van der Waals surface area contributed by atoms with Crippen LogP contribution in [-0.2, 0) is 4.79 Å². The van der Waals surface area contributed by atoms with E-state index in [1.807, 2.05) is 36.4 Å². The van der Waals surface area contributed by atoms with Crippen molar-refractivity contribution < 1.29 is 4.79 Å². The van der Waals surface area contributed by atoms with Crippen molar-refractivity contribution in [2.75, 3.05) is 6.54 Å². The Labute approximate surface area is 126 Å². The first-order valence-electron chi connectivity index (χ1n) is 7.31. The number of carbonyl (C=O) groups excluding carboxylic acids is 1. The first-order chi connectivity index (χ1) is 10.2. The lowest BCUT2D eigenvalue weighted by Gasteiger charge is -2.18. The quantitative estimate of drug-likeness (QED) is 0.856. The van der Waals surface area contributed by atoms with Gasteiger partial charge in [0.05, 0.1) is 6.04 Å². The predicted molar refractivity (Wildman–Crippen MR) is 86.0 cm³/mol. The van der Waals surface area contributed by atoms with Gasteiger partial charge in [0, 0.05) is 12.5 Å². The minimum atomic E-state index is -0.461. The highest BCUT2D eigenvalue weighted by atomic mass is 16.2. The average molecular weight is 282 g/mol. The standard InChI is InChI=1S/C18H22N2O/c1-14(19)18(21)20-13-12-17(15-8-4-2-5-9-15)16-10-6-3-7-11-16/h2-11,14,17H,12-13,19H2,1H3,(H,20,21)/t14-/m0/s1. The van der Waals surface area contributed by atoms with Gasteiger partial charge in [0.15, 0.2) is 0 Å². The van der Waals surface area contributed by atoms with E-state index < -0.39 is 6.04 Å². The monoisotopic (exact) mass is 282 g/mol. The molecule has 2 rings (SSSR count). The zero-order valence-electron chi connectivity index (χ0n) is 12.3. The molecule has 2 aromatic rings. The van der Waals surface area contributed by atoms with E-state index in [1.54, 1.807) is 6.92 Å². The van der Waals surface area contributed by atoms with E-state index in [4.69, 9.17) is 5.73 Å². The van der Waals surface area contributed by atoms with Gasteiger partial charge in [-0.15, -0.1) is 0 Å². The topological polar surface area (TPSA) is 55.1 Å². The molecule has 0 aromatic heterocycles. The number of nitrogens with one attached hydrogen (secondary N) is 1. The fourth-order valence-electron chi connectivity index (χ4n) is 2.40. The number of amides is 1. The number of hydrogen-bond donors (Lipinski definition) is 2. The maximum Gasteiger partial charge on any atom is 0.236 e. The van der Waals surface area contributed by atoms with Gasteiger partial charge in [-0.05, 0) is 24.5 Å². The third kappa shape index (κ3) is 4.43. The number of rotatable bonds is 6. The number of nitrogens with two attached hydrogens (primary N) is 1. The molecule has 0 aliphatic heterocycles. The van der Waals surface area contributed by atoms with Gasteiger partial charge in [-0.3, -0.25) is 4.79 Å². The van der Waals surface area contributed by atoms with Gasteiger partial charge < -0.3 is 11.1 Å². The first kappa shape index (κ1) is 15.3. The molecule has 1 atom stereocenters. The van der Waals surface area contributed by atoms with Crippen molar-refractivity contribution in [3.8, 4) is 0 Å². The Balaban J connectivity index is 2.09.